The molecule has 1 aromatic carbocycles. The van der Waals surface area contributed by atoms with Crippen LogP contribution in [0.25, 0.3) is 0 Å². The van der Waals surface area contributed by atoms with E-state index in [9.17, 15) is 4.79 Å². The number of anilines is 2. The Morgan fingerprint density at radius 3 is 2.58 bits per heavy atom. The molecule has 0 spiro atoms. The Morgan fingerprint density at radius 1 is 1.17 bits per heavy atom. The molecule has 1 aromatic heterocycles. The third kappa shape index (κ3) is 2.38. The van der Waals surface area contributed by atoms with Gasteiger partial charge in [0.25, 0.3) is 5.91 Å². The molecule has 1 atom stereocenters. The molecule has 0 saturated carbocycles. The lowest BCUT2D eigenvalue weighted by Crippen LogP contribution is -2.40. The molecule has 2 aliphatic rings. The second kappa shape index (κ2) is 5.81. The number of fused-ring (bicyclic) bond motifs is 3. The van der Waals surface area contributed by atoms with Crippen LogP contribution in [0.1, 0.15) is 45.4 Å². The number of hydrogen-bond acceptors (Lipinski definition) is 4. The van der Waals surface area contributed by atoms with Gasteiger partial charge >= 0.3 is 0 Å². The number of carbonyl (C=O) groups excluding carboxylic acids is 1. The summed E-state index contributed by atoms with van der Waals surface area (Å²) in [5, 5.41) is 4.67. The predicted octanol–water partition coefficient (Wildman–Crippen LogP) is 3.89. The lowest BCUT2D eigenvalue weighted by molar-refractivity contribution is 0.0735. The largest absolute Gasteiger partial charge is 0.378 e. The zero-order valence-corrected chi connectivity index (χ0v) is 15.2. The highest BCUT2D eigenvalue weighted by Gasteiger charge is 2.35. The Morgan fingerprint density at radius 2 is 1.88 bits per heavy atom. The van der Waals surface area contributed by atoms with Crippen molar-refractivity contribution in [2.75, 3.05) is 31.4 Å². The summed E-state index contributed by atoms with van der Waals surface area (Å²) in [4.78, 5) is 18.3. The molecule has 126 valence electrons. The van der Waals surface area contributed by atoms with E-state index in [0.717, 1.165) is 34.7 Å². The Labute approximate surface area is 147 Å². The summed E-state index contributed by atoms with van der Waals surface area (Å²) in [7, 11) is 5.97. The van der Waals surface area contributed by atoms with Crippen molar-refractivity contribution in [2.24, 2.45) is 0 Å². The first-order valence-electron chi connectivity index (χ1n) is 8.52. The van der Waals surface area contributed by atoms with Crippen LogP contribution >= 0.6 is 11.3 Å². The molecule has 0 unspecified atom stereocenters. The monoisotopic (exact) mass is 341 g/mol. The maximum absolute atomic E-state index is 13.0. The third-order valence-electron chi connectivity index (χ3n) is 5.09. The van der Waals surface area contributed by atoms with Gasteiger partial charge in [-0.2, -0.15) is 0 Å². The van der Waals surface area contributed by atoms with E-state index in [2.05, 4.69) is 34.5 Å². The van der Waals surface area contributed by atoms with Crippen LogP contribution in [0.3, 0.4) is 0 Å². The van der Waals surface area contributed by atoms with E-state index < -0.39 is 0 Å². The van der Waals surface area contributed by atoms with Crippen molar-refractivity contribution < 1.29 is 4.79 Å². The molecule has 0 fully saturated rings. The van der Waals surface area contributed by atoms with E-state index in [1.165, 1.54) is 23.3 Å². The molecule has 1 aliphatic carbocycles. The molecule has 1 aliphatic heterocycles. The molecular weight excluding hydrogens is 318 g/mol. The Bertz CT molecular complexity index is 779. The topological polar surface area (TPSA) is 35.6 Å². The number of amides is 1. The van der Waals surface area contributed by atoms with E-state index in [0.29, 0.717) is 0 Å². The maximum atomic E-state index is 13.0. The van der Waals surface area contributed by atoms with E-state index in [1.54, 1.807) is 11.3 Å². The predicted molar refractivity (Wildman–Crippen MR) is 100 cm³/mol. The van der Waals surface area contributed by atoms with E-state index >= 15 is 0 Å². The minimum absolute atomic E-state index is 0.0960. The number of aryl methyl sites for hydroxylation is 1. The van der Waals surface area contributed by atoms with Crippen LogP contribution in [0.4, 0.5) is 10.7 Å². The molecule has 1 amide bonds. The summed E-state index contributed by atoms with van der Waals surface area (Å²) in [5.41, 5.74) is 4.51. The third-order valence-corrected chi connectivity index (χ3v) is 6.31. The van der Waals surface area contributed by atoms with E-state index in [4.69, 9.17) is 0 Å². The van der Waals surface area contributed by atoms with Gasteiger partial charge in [-0.25, -0.2) is 0 Å². The number of rotatable bonds is 2. The highest BCUT2D eigenvalue weighted by atomic mass is 32.1. The SMILES string of the molecule is CN(C)c1ccc([C@H]2Nc3sc4c(c3C(=O)N2C)CCCC4)cc1. The number of carbonyl (C=O) groups is 1. The Hall–Kier alpha value is -2.01. The summed E-state index contributed by atoms with van der Waals surface area (Å²) >= 11 is 1.78. The lowest BCUT2D eigenvalue weighted by atomic mass is 9.94. The molecular formula is C19H23N3OS. The normalized spacial score (nSPS) is 19.5. The molecule has 0 bridgehead atoms. The number of nitrogens with zero attached hydrogens (tertiary/aromatic N) is 2. The van der Waals surface area contributed by atoms with Gasteiger partial charge in [0, 0.05) is 31.7 Å². The molecule has 2 heterocycles. The van der Waals surface area contributed by atoms with Gasteiger partial charge in [0.05, 0.1) is 5.56 Å². The van der Waals surface area contributed by atoms with Crippen LogP contribution in [0.15, 0.2) is 24.3 Å². The highest BCUT2D eigenvalue weighted by molar-refractivity contribution is 7.16. The lowest BCUT2D eigenvalue weighted by Gasteiger charge is -2.34. The van der Waals surface area contributed by atoms with Crippen molar-refractivity contribution in [1.29, 1.82) is 0 Å². The zero-order chi connectivity index (χ0) is 16.8. The summed E-state index contributed by atoms with van der Waals surface area (Å²) in [6, 6.07) is 8.42. The van der Waals surface area contributed by atoms with Crippen LogP contribution in [-0.4, -0.2) is 32.0 Å². The van der Waals surface area contributed by atoms with Gasteiger partial charge in [-0.3, -0.25) is 4.79 Å². The summed E-state index contributed by atoms with van der Waals surface area (Å²) in [5.74, 6) is 0.157. The summed E-state index contributed by atoms with van der Waals surface area (Å²) in [6.45, 7) is 0. The van der Waals surface area contributed by atoms with Crippen LogP contribution in [0.5, 0.6) is 0 Å². The van der Waals surface area contributed by atoms with Crippen LogP contribution in [0.2, 0.25) is 0 Å². The van der Waals surface area contributed by atoms with Gasteiger partial charge in [0.2, 0.25) is 0 Å². The number of hydrogen-bond donors (Lipinski definition) is 1. The van der Waals surface area contributed by atoms with Gasteiger partial charge in [-0.15, -0.1) is 11.3 Å². The fraction of sp³-hybridized carbons (Fsp3) is 0.421. The molecule has 2 aromatic rings. The minimum atomic E-state index is -0.0960. The van der Waals surface area contributed by atoms with Crippen molar-refractivity contribution in [3.05, 3.63) is 45.8 Å². The number of benzene rings is 1. The number of thiophene rings is 1. The second-order valence-electron chi connectivity index (χ2n) is 6.86. The van der Waals surface area contributed by atoms with Gasteiger partial charge in [-0.1, -0.05) is 12.1 Å². The Balaban J connectivity index is 1.69. The molecule has 1 N–H and O–H groups in total. The molecule has 0 radical (unpaired) electrons. The first kappa shape index (κ1) is 15.5. The summed E-state index contributed by atoms with van der Waals surface area (Å²) in [6.07, 6.45) is 4.51. The summed E-state index contributed by atoms with van der Waals surface area (Å²) < 4.78 is 0. The van der Waals surface area contributed by atoms with Crippen molar-refractivity contribution >= 4 is 27.9 Å². The maximum Gasteiger partial charge on any atom is 0.258 e. The molecule has 24 heavy (non-hydrogen) atoms. The van der Waals surface area contributed by atoms with E-state index in [1.807, 2.05) is 26.0 Å². The first-order valence-corrected chi connectivity index (χ1v) is 9.33. The van der Waals surface area contributed by atoms with Crippen molar-refractivity contribution in [3.8, 4) is 0 Å². The van der Waals surface area contributed by atoms with Crippen molar-refractivity contribution in [3.63, 3.8) is 0 Å². The molecule has 4 rings (SSSR count). The van der Waals surface area contributed by atoms with Gasteiger partial charge in [0.15, 0.2) is 0 Å². The van der Waals surface area contributed by atoms with Crippen molar-refractivity contribution in [1.82, 2.24) is 4.90 Å². The fourth-order valence-electron chi connectivity index (χ4n) is 3.67. The van der Waals surface area contributed by atoms with Gasteiger partial charge in [-0.05, 0) is 48.9 Å². The van der Waals surface area contributed by atoms with Gasteiger partial charge in [0.1, 0.15) is 11.2 Å². The Kier molecular flexibility index (Phi) is 3.76. The average Bonchev–Trinajstić information content (AvgIpc) is 2.96. The minimum Gasteiger partial charge on any atom is -0.378 e. The molecule has 0 saturated heterocycles. The van der Waals surface area contributed by atoms with Crippen LogP contribution in [0, 0.1) is 0 Å². The van der Waals surface area contributed by atoms with Crippen molar-refractivity contribution in [2.45, 2.75) is 31.8 Å². The molecule has 4 nitrogen and oxygen atoms in total. The fourth-order valence-corrected chi connectivity index (χ4v) is 4.97. The quantitative estimate of drug-likeness (QED) is 0.900. The van der Waals surface area contributed by atoms with Crippen LogP contribution < -0.4 is 10.2 Å². The van der Waals surface area contributed by atoms with Crippen LogP contribution in [-0.2, 0) is 12.8 Å². The average molecular weight is 341 g/mol. The molecule has 5 heteroatoms. The first-order chi connectivity index (χ1) is 11.6. The smallest absolute Gasteiger partial charge is 0.258 e. The highest BCUT2D eigenvalue weighted by Crippen LogP contribution is 2.43. The standard InChI is InChI=1S/C19H23N3OS/c1-21(2)13-10-8-12(9-11-13)17-20-18-16(19(23)22(17)3)14-6-4-5-7-15(14)24-18/h8-11,17,20H,4-7H2,1-3H3/t17-/m0/s1. The van der Waals surface area contributed by atoms with E-state index in [-0.39, 0.29) is 12.1 Å². The number of nitrogens with one attached hydrogen (secondary N) is 1. The second-order valence-corrected chi connectivity index (χ2v) is 7.97. The van der Waals surface area contributed by atoms with Gasteiger partial charge < -0.3 is 15.1 Å². The zero-order valence-electron chi connectivity index (χ0n) is 14.4.